The fourth-order valence-electron chi connectivity index (χ4n) is 0.129. The zero-order chi connectivity index (χ0) is 5.86. The van der Waals surface area contributed by atoms with Crippen molar-refractivity contribution in [3.05, 3.63) is 0 Å². The third kappa shape index (κ3) is 2.38. The molecule has 0 bridgehead atoms. The second-order valence-electron chi connectivity index (χ2n) is 1.26. The Morgan fingerprint density at radius 1 is 1.57 bits per heavy atom. The van der Waals surface area contributed by atoms with Crippen molar-refractivity contribution >= 4 is 26.4 Å². The predicted octanol–water partition coefficient (Wildman–Crippen LogP) is -0.456. The van der Waals surface area contributed by atoms with E-state index in [0.29, 0.717) is 11.1 Å². The van der Waals surface area contributed by atoms with Gasteiger partial charge in [-0.25, -0.2) is 0 Å². The average Bonchev–Trinajstić information content (AvgIpc) is 1.65. The molecular weight excluding hydrogens is 83.7 g/mol. The zero-order valence-corrected chi connectivity index (χ0v) is 4.60. The van der Waals surface area contributed by atoms with Gasteiger partial charge in [0.15, 0.2) is 0 Å². The Morgan fingerprint density at radius 2 is 2.00 bits per heavy atom. The Labute approximate surface area is 46.3 Å². The van der Waals surface area contributed by atoms with Crippen LogP contribution < -0.4 is 0 Å². The van der Waals surface area contributed by atoms with E-state index >= 15 is 0 Å². The molecule has 0 saturated heterocycles. The van der Waals surface area contributed by atoms with Crippen LogP contribution >= 0.6 is 0 Å². The van der Waals surface area contributed by atoms with Crippen LogP contribution in [0.15, 0.2) is 4.99 Å². The van der Waals surface area contributed by atoms with Crippen LogP contribution in [-0.2, 0) is 0 Å². The minimum atomic E-state index is 0.294. The molecule has 0 saturated carbocycles. The molecule has 0 rings (SSSR count). The van der Waals surface area contributed by atoms with Gasteiger partial charge in [0.2, 0.25) is 0 Å². The molecule has 0 atom stereocenters. The maximum absolute atomic E-state index is 5.11. The first kappa shape index (κ1) is 6.67. The molecule has 3 heteroatoms. The monoisotopic (exact) mass is 90.1 g/mol. The molecule has 0 aromatic heterocycles. The Balaban J connectivity index is 3.82. The van der Waals surface area contributed by atoms with Crippen molar-refractivity contribution in [2.75, 3.05) is 7.05 Å². The summed E-state index contributed by atoms with van der Waals surface area (Å²) in [5.41, 5.74) is 0.694. The third-order valence-corrected chi connectivity index (χ3v) is 0.753. The quantitative estimate of drug-likeness (QED) is 0.305. The Morgan fingerprint density at radius 3 is 2.00 bits per heavy atom. The molecule has 3 radical (unpaired) electrons. The molecule has 0 aromatic rings. The average molecular weight is 89.7 g/mol. The molecule has 0 unspecified atom stereocenters. The summed E-state index contributed by atoms with van der Waals surface area (Å²) in [6, 6.07) is 0. The molecule has 0 aliphatic carbocycles. The van der Waals surface area contributed by atoms with Crippen molar-refractivity contribution in [1.82, 2.24) is 0 Å². The van der Waals surface area contributed by atoms with Gasteiger partial charge in [-0.3, -0.25) is 0 Å². The third-order valence-electron chi connectivity index (χ3n) is 0.753. The first-order chi connectivity index (χ1) is 3.18. The number of hydrogen-bond acceptors (Lipinski definition) is 1. The van der Waals surface area contributed by atoms with Gasteiger partial charge >= 0.3 is 45.4 Å². The van der Waals surface area contributed by atoms with Crippen LogP contribution in [0.2, 0.25) is 0 Å². The molecule has 0 heterocycles. The number of aliphatic imine (C=N–C) groups is 1. The van der Waals surface area contributed by atoms with Crippen LogP contribution in [0.25, 0.3) is 0 Å². The molecule has 1 nitrogen and oxygen atoms in total. The summed E-state index contributed by atoms with van der Waals surface area (Å²) < 4.78 is 0. The summed E-state index contributed by atoms with van der Waals surface area (Å²) in [6.45, 7) is 1.76. The van der Waals surface area contributed by atoms with E-state index in [1.54, 1.807) is 14.0 Å². The molecule has 0 aliphatic rings. The second-order valence-corrected chi connectivity index (χ2v) is 1.26. The van der Waals surface area contributed by atoms with Crippen molar-refractivity contribution < 1.29 is 0 Å². The van der Waals surface area contributed by atoms with Crippen molar-refractivity contribution in [2.45, 2.75) is 6.92 Å². The maximum atomic E-state index is 5.11. The first-order valence-electron chi connectivity index (χ1n) is 2.00. The van der Waals surface area contributed by atoms with E-state index in [1.165, 1.54) is 0 Å². The molecule has 0 aromatic carbocycles. The van der Waals surface area contributed by atoms with Crippen LogP contribution in [0.1, 0.15) is 6.92 Å². The molecule has 0 spiro atoms. The molecule has 7 heavy (non-hydrogen) atoms. The fourth-order valence-corrected chi connectivity index (χ4v) is 0.129. The summed E-state index contributed by atoms with van der Waals surface area (Å²) >= 11 is 0. The van der Waals surface area contributed by atoms with Crippen molar-refractivity contribution in [3.8, 4) is 0 Å². The van der Waals surface area contributed by atoms with E-state index in [2.05, 4.69) is 4.99 Å². The zero-order valence-electron chi connectivity index (χ0n) is 4.60. The molecule has 0 fully saturated rings. The summed E-state index contributed by atoms with van der Waals surface area (Å²) in [7, 11) is 11.9. The van der Waals surface area contributed by atoms with Gasteiger partial charge in [-0.05, 0) is 0 Å². The van der Waals surface area contributed by atoms with Gasteiger partial charge in [0.05, 0.1) is 0 Å². The topological polar surface area (TPSA) is 12.4 Å². The van der Waals surface area contributed by atoms with Crippen molar-refractivity contribution in [1.29, 1.82) is 0 Å². The van der Waals surface area contributed by atoms with Gasteiger partial charge in [-0.2, -0.15) is 0 Å². The fraction of sp³-hybridized carbons (Fsp3) is 0.500. The van der Waals surface area contributed by atoms with Crippen LogP contribution in [0.5, 0.6) is 0 Å². The summed E-state index contributed by atoms with van der Waals surface area (Å²) in [6.07, 6.45) is 0. The molecule has 33 valence electrons. The number of rotatable bonds is 1. The molecular formula is C4H6B2N. The van der Waals surface area contributed by atoms with Crippen molar-refractivity contribution in [2.24, 2.45) is 4.99 Å². The van der Waals surface area contributed by atoms with Gasteiger partial charge in [-0.1, -0.05) is 0 Å². The van der Waals surface area contributed by atoms with Crippen LogP contribution in [0, 0.1) is 0 Å². The Hall–Kier alpha value is -0.330. The van der Waals surface area contributed by atoms with E-state index < -0.39 is 0 Å². The molecule has 0 aliphatic heterocycles. The second kappa shape index (κ2) is 2.78. The molecule has 0 N–H and O–H groups in total. The van der Waals surface area contributed by atoms with E-state index in [0.717, 1.165) is 0 Å². The van der Waals surface area contributed by atoms with E-state index in [4.69, 9.17) is 15.3 Å². The standard InChI is InChI=1S/C4H6B2N/c1-3(7-2)4(5)6/h1-2H3. The Bertz CT molecular complexity index is 106. The van der Waals surface area contributed by atoms with Gasteiger partial charge in [0.1, 0.15) is 0 Å². The van der Waals surface area contributed by atoms with E-state index in [1.807, 2.05) is 0 Å². The van der Waals surface area contributed by atoms with Crippen LogP contribution in [-0.4, -0.2) is 33.5 Å². The molecule has 0 amide bonds. The van der Waals surface area contributed by atoms with Crippen LogP contribution in [0.4, 0.5) is 0 Å². The first-order valence-corrected chi connectivity index (χ1v) is 2.00. The van der Waals surface area contributed by atoms with E-state index in [-0.39, 0.29) is 0 Å². The van der Waals surface area contributed by atoms with Gasteiger partial charge in [0.25, 0.3) is 0 Å². The van der Waals surface area contributed by atoms with Gasteiger partial charge in [-0.15, -0.1) is 0 Å². The summed E-state index contributed by atoms with van der Waals surface area (Å²) in [5.74, 6) is 0. The SMILES string of the molecule is [B]C(=[B])C(C)=NC. The van der Waals surface area contributed by atoms with E-state index in [9.17, 15) is 0 Å². The summed E-state index contributed by atoms with van der Waals surface area (Å²) in [5, 5.41) is 0.294. The van der Waals surface area contributed by atoms with Crippen LogP contribution in [0.3, 0.4) is 0 Å². The van der Waals surface area contributed by atoms with Gasteiger partial charge < -0.3 is 0 Å². The predicted molar refractivity (Wildman–Crippen MR) is 35.5 cm³/mol. The normalized spacial score (nSPS) is 11.3. The summed E-state index contributed by atoms with van der Waals surface area (Å²) in [4.78, 5) is 3.72. The van der Waals surface area contributed by atoms with Gasteiger partial charge in [0, 0.05) is 0 Å². The minimum absolute atomic E-state index is 0.294. The van der Waals surface area contributed by atoms with Crippen molar-refractivity contribution in [3.63, 3.8) is 0 Å². The Kier molecular flexibility index (Phi) is 2.65. The number of hydrogen-bond donors (Lipinski definition) is 0. The number of nitrogens with zero attached hydrogens (tertiary/aromatic N) is 1.